The van der Waals surface area contributed by atoms with E-state index >= 15 is 0 Å². The van der Waals surface area contributed by atoms with Crippen LogP contribution in [-0.4, -0.2) is 33.4 Å². The standard InChI is InChI=1S/C11H13NO4S/c12-8-6-17(13,14)11(8)7-1-2-9-10(5-7)16-4-3-15-9/h1-2,5,8,11H,3-4,6,12H2. The molecule has 6 heteroatoms. The second kappa shape index (κ2) is 3.61. The van der Waals surface area contributed by atoms with E-state index < -0.39 is 15.1 Å². The number of nitrogens with two attached hydrogens (primary N) is 1. The highest BCUT2D eigenvalue weighted by molar-refractivity contribution is 7.93. The Morgan fingerprint density at radius 2 is 1.88 bits per heavy atom. The van der Waals surface area contributed by atoms with Crippen LogP contribution in [0.3, 0.4) is 0 Å². The summed E-state index contributed by atoms with van der Waals surface area (Å²) >= 11 is 0. The quantitative estimate of drug-likeness (QED) is 0.778. The summed E-state index contributed by atoms with van der Waals surface area (Å²) in [5, 5.41) is -0.599. The van der Waals surface area contributed by atoms with Gasteiger partial charge in [0.25, 0.3) is 0 Å². The van der Waals surface area contributed by atoms with Gasteiger partial charge >= 0.3 is 0 Å². The summed E-state index contributed by atoms with van der Waals surface area (Å²) in [7, 11) is -3.07. The van der Waals surface area contributed by atoms with Crippen LogP contribution < -0.4 is 15.2 Å². The Morgan fingerprint density at radius 3 is 2.53 bits per heavy atom. The highest BCUT2D eigenvalue weighted by Gasteiger charge is 2.44. The first-order valence-corrected chi connectivity index (χ1v) is 7.16. The van der Waals surface area contributed by atoms with Gasteiger partial charge in [0.1, 0.15) is 18.5 Å². The van der Waals surface area contributed by atoms with E-state index in [-0.39, 0.29) is 11.8 Å². The first-order valence-electron chi connectivity index (χ1n) is 5.44. The molecule has 2 heterocycles. The molecule has 1 fully saturated rings. The van der Waals surface area contributed by atoms with Gasteiger partial charge in [-0.2, -0.15) is 0 Å². The molecule has 0 radical (unpaired) electrons. The third kappa shape index (κ3) is 1.68. The summed E-state index contributed by atoms with van der Waals surface area (Å²) in [6.45, 7) is 1.01. The van der Waals surface area contributed by atoms with Gasteiger partial charge in [-0.1, -0.05) is 6.07 Å². The molecule has 0 saturated carbocycles. The molecule has 1 aromatic carbocycles. The molecule has 0 aromatic heterocycles. The molecule has 2 aliphatic heterocycles. The summed E-state index contributed by atoms with van der Waals surface area (Å²) in [5.41, 5.74) is 6.44. The van der Waals surface area contributed by atoms with E-state index in [2.05, 4.69) is 0 Å². The molecule has 1 aromatic rings. The van der Waals surface area contributed by atoms with E-state index in [1.165, 1.54) is 0 Å². The average Bonchev–Trinajstić information content (AvgIpc) is 2.27. The average molecular weight is 255 g/mol. The first kappa shape index (κ1) is 10.9. The van der Waals surface area contributed by atoms with E-state index in [4.69, 9.17) is 15.2 Å². The van der Waals surface area contributed by atoms with Crippen LogP contribution >= 0.6 is 0 Å². The van der Waals surface area contributed by atoms with Crippen molar-refractivity contribution >= 4 is 9.84 Å². The highest BCUT2D eigenvalue weighted by atomic mass is 32.2. The molecule has 5 nitrogen and oxygen atoms in total. The fourth-order valence-corrected chi connectivity index (χ4v) is 4.06. The zero-order chi connectivity index (χ0) is 12.0. The van der Waals surface area contributed by atoms with Gasteiger partial charge in [-0.15, -0.1) is 0 Å². The van der Waals surface area contributed by atoms with Crippen molar-refractivity contribution < 1.29 is 17.9 Å². The Balaban J connectivity index is 1.99. The second-order valence-corrected chi connectivity index (χ2v) is 6.48. The van der Waals surface area contributed by atoms with E-state index in [1.807, 2.05) is 0 Å². The molecule has 0 bridgehead atoms. The number of rotatable bonds is 1. The number of fused-ring (bicyclic) bond motifs is 1. The largest absolute Gasteiger partial charge is 0.486 e. The maximum atomic E-state index is 11.6. The lowest BCUT2D eigenvalue weighted by atomic mass is 10.1. The lowest BCUT2D eigenvalue weighted by Gasteiger charge is -2.34. The van der Waals surface area contributed by atoms with Gasteiger partial charge in [0.15, 0.2) is 21.3 Å². The predicted octanol–water partition coefficient (Wildman–Crippen LogP) is 0.255. The lowest BCUT2D eigenvalue weighted by Crippen LogP contribution is -2.50. The van der Waals surface area contributed by atoms with Gasteiger partial charge in [-0.05, 0) is 17.7 Å². The van der Waals surface area contributed by atoms with Crippen molar-refractivity contribution in [1.82, 2.24) is 0 Å². The Bertz CT molecular complexity index is 555. The van der Waals surface area contributed by atoms with Crippen molar-refractivity contribution in [2.24, 2.45) is 5.73 Å². The van der Waals surface area contributed by atoms with Crippen LogP contribution in [0, 0.1) is 0 Å². The minimum absolute atomic E-state index is 0.0616. The molecule has 2 N–H and O–H groups in total. The molecule has 92 valence electrons. The molecule has 0 aliphatic carbocycles. The summed E-state index contributed by atoms with van der Waals surface area (Å²) in [4.78, 5) is 0. The number of sulfone groups is 1. The van der Waals surface area contributed by atoms with Crippen LogP contribution in [0.15, 0.2) is 18.2 Å². The van der Waals surface area contributed by atoms with Crippen molar-refractivity contribution in [2.45, 2.75) is 11.3 Å². The molecule has 2 aliphatic rings. The first-order chi connectivity index (χ1) is 8.08. The number of hydrogen-bond donors (Lipinski definition) is 1. The van der Waals surface area contributed by atoms with Crippen molar-refractivity contribution in [3.8, 4) is 11.5 Å². The van der Waals surface area contributed by atoms with E-state index in [9.17, 15) is 8.42 Å². The molecule has 2 atom stereocenters. The Morgan fingerprint density at radius 1 is 1.18 bits per heavy atom. The molecule has 0 amide bonds. The van der Waals surface area contributed by atoms with Gasteiger partial charge < -0.3 is 15.2 Å². The predicted molar refractivity (Wildman–Crippen MR) is 61.9 cm³/mol. The van der Waals surface area contributed by atoms with Crippen molar-refractivity contribution in [3.05, 3.63) is 23.8 Å². The lowest BCUT2D eigenvalue weighted by molar-refractivity contribution is 0.171. The van der Waals surface area contributed by atoms with Crippen LogP contribution in [0.4, 0.5) is 0 Å². The highest BCUT2D eigenvalue weighted by Crippen LogP contribution is 2.40. The SMILES string of the molecule is NC1CS(=O)(=O)C1c1ccc2c(c1)OCCO2. The van der Waals surface area contributed by atoms with Gasteiger partial charge in [0, 0.05) is 6.04 Å². The van der Waals surface area contributed by atoms with Crippen molar-refractivity contribution in [1.29, 1.82) is 0 Å². The summed E-state index contributed by atoms with van der Waals surface area (Å²) < 4.78 is 34.1. The molecule has 1 saturated heterocycles. The molecular formula is C11H13NO4S. The van der Waals surface area contributed by atoms with Gasteiger partial charge in [0.2, 0.25) is 0 Å². The number of ether oxygens (including phenoxy) is 2. The Hall–Kier alpha value is -1.27. The third-order valence-electron chi connectivity index (χ3n) is 3.10. The summed E-state index contributed by atoms with van der Waals surface area (Å²) in [5.74, 6) is 1.32. The Labute approximate surface area is 99.4 Å². The smallest absolute Gasteiger partial charge is 0.161 e. The fraction of sp³-hybridized carbons (Fsp3) is 0.455. The van der Waals surface area contributed by atoms with Crippen LogP contribution in [0.5, 0.6) is 11.5 Å². The summed E-state index contributed by atoms with van der Waals surface area (Å²) in [6, 6.07) is 4.89. The molecule has 3 rings (SSSR count). The van der Waals surface area contributed by atoms with Crippen LogP contribution in [0.2, 0.25) is 0 Å². The van der Waals surface area contributed by atoms with Crippen LogP contribution in [0.1, 0.15) is 10.8 Å². The summed E-state index contributed by atoms with van der Waals surface area (Å²) in [6.07, 6.45) is 0. The maximum absolute atomic E-state index is 11.6. The molecule has 0 spiro atoms. The number of hydrogen-bond acceptors (Lipinski definition) is 5. The second-order valence-electron chi connectivity index (χ2n) is 4.32. The van der Waals surface area contributed by atoms with Gasteiger partial charge in [-0.25, -0.2) is 8.42 Å². The number of benzene rings is 1. The minimum atomic E-state index is -3.07. The minimum Gasteiger partial charge on any atom is -0.486 e. The van der Waals surface area contributed by atoms with Crippen LogP contribution in [-0.2, 0) is 9.84 Å². The van der Waals surface area contributed by atoms with Crippen molar-refractivity contribution in [3.63, 3.8) is 0 Å². The van der Waals surface area contributed by atoms with Gasteiger partial charge in [0.05, 0.1) is 5.75 Å². The zero-order valence-corrected chi connectivity index (χ0v) is 9.94. The van der Waals surface area contributed by atoms with E-state index in [1.54, 1.807) is 18.2 Å². The molecular weight excluding hydrogens is 242 g/mol. The normalized spacial score (nSPS) is 29.5. The topological polar surface area (TPSA) is 78.6 Å². The molecule has 17 heavy (non-hydrogen) atoms. The van der Waals surface area contributed by atoms with Crippen molar-refractivity contribution in [2.75, 3.05) is 19.0 Å². The monoisotopic (exact) mass is 255 g/mol. The van der Waals surface area contributed by atoms with E-state index in [0.717, 1.165) is 0 Å². The third-order valence-corrected chi connectivity index (χ3v) is 5.34. The Kier molecular flexibility index (Phi) is 2.31. The zero-order valence-electron chi connectivity index (χ0n) is 9.13. The fourth-order valence-electron chi connectivity index (χ4n) is 2.29. The van der Waals surface area contributed by atoms with Crippen LogP contribution in [0.25, 0.3) is 0 Å². The van der Waals surface area contributed by atoms with Gasteiger partial charge in [-0.3, -0.25) is 0 Å². The van der Waals surface area contributed by atoms with E-state index in [0.29, 0.717) is 30.3 Å². The molecule has 2 unspecified atom stereocenters. The maximum Gasteiger partial charge on any atom is 0.161 e.